The molecule has 2 aromatic rings. The number of aromatic hydroxyl groups is 1. The lowest BCUT2D eigenvalue weighted by Crippen LogP contribution is -2.61. The first-order valence-corrected chi connectivity index (χ1v) is 21.8. The highest BCUT2D eigenvalue weighted by Gasteiger charge is 2.35. The number of aliphatic hydroxyl groups excluding tert-OH is 4. The van der Waals surface area contributed by atoms with Crippen molar-refractivity contribution in [3.63, 3.8) is 0 Å². The summed E-state index contributed by atoms with van der Waals surface area (Å²) in [5.74, 6) is -11.8. The molecule has 0 saturated carbocycles. The number of aromatic nitrogens is 2. The highest BCUT2D eigenvalue weighted by atomic mass is 16.4. The van der Waals surface area contributed by atoms with Crippen LogP contribution in [-0.2, 0) is 60.8 Å². The number of aliphatic carboxylic acids is 2. The smallest absolute Gasteiger partial charge is 0.328 e. The van der Waals surface area contributed by atoms with Gasteiger partial charge in [-0.15, -0.1) is 0 Å². The standard InChI is InChI=1S/C42H63N11O17/c1-19(2)11-26(48-36(63)25(9-10-32(60)61)47-40(67)33(43)20(3)56)37(64)51-29(16-54)39(66)49-27(12-22-5-7-24(58)8-6-22)35(62)45-15-31(59)53-34(21(4)57)41(68)50-28(13-23-14-44-18-46-23)38(65)52-30(17-55)42(69)70/h5-8,14,18-21,25-30,33-34,54-58H,9-13,15-17,43H2,1-4H3,(H,44,46)(H,45,62)(H,47,67)(H,48,63)(H,49,66)(H,50,68)(H,51,64)(H,52,65)(H,53,59)(H,60,61)(H,69,70)/t20-,21-,25+,26+,27+,28+,29+,30+,33+,34+/m1/s1. The average molecular weight is 994 g/mol. The van der Waals surface area contributed by atoms with Crippen LogP contribution in [0.1, 0.15) is 58.2 Å². The minimum atomic E-state index is -1.79. The summed E-state index contributed by atoms with van der Waals surface area (Å²) in [6, 6.07) is -7.51. The summed E-state index contributed by atoms with van der Waals surface area (Å²) >= 11 is 0. The summed E-state index contributed by atoms with van der Waals surface area (Å²) in [4.78, 5) is 136. The summed E-state index contributed by atoms with van der Waals surface area (Å²) < 4.78 is 0. The van der Waals surface area contributed by atoms with Crippen LogP contribution in [-0.4, -0.2) is 185 Å². The molecule has 28 heteroatoms. The van der Waals surface area contributed by atoms with Crippen molar-refractivity contribution < 1.29 is 83.7 Å². The molecule has 1 aromatic carbocycles. The lowest BCUT2D eigenvalue weighted by Gasteiger charge is -2.27. The molecule has 1 heterocycles. The number of carboxylic acids is 2. The van der Waals surface area contributed by atoms with Gasteiger partial charge in [0.2, 0.25) is 47.3 Å². The fraction of sp³-hybridized carbons (Fsp3) is 0.548. The minimum Gasteiger partial charge on any atom is -0.508 e. The number of nitrogens with zero attached hydrogens (tertiary/aromatic N) is 1. The predicted molar refractivity (Wildman–Crippen MR) is 240 cm³/mol. The Morgan fingerprint density at radius 3 is 1.67 bits per heavy atom. The lowest BCUT2D eigenvalue weighted by atomic mass is 10.0. The van der Waals surface area contributed by atoms with Gasteiger partial charge >= 0.3 is 11.9 Å². The number of hydrogen-bond donors (Lipinski definition) is 17. The topological polar surface area (TPSA) is 463 Å². The van der Waals surface area contributed by atoms with Gasteiger partial charge in [0.25, 0.3) is 0 Å². The molecule has 0 aliphatic rings. The SMILES string of the molecule is CC(C)C[C@H](NC(=O)[C@H](CCC(=O)O)NC(=O)[C@@H](N)[C@@H](C)O)C(=O)N[C@@H](CO)C(=O)N[C@@H](Cc1ccc(O)cc1)C(=O)NCC(=O)N[C@H](C(=O)N[C@@H](Cc1cnc[nH]1)C(=O)N[C@@H](CO)C(=O)O)[C@@H](C)O. The molecule has 0 bridgehead atoms. The zero-order valence-electron chi connectivity index (χ0n) is 38.7. The molecule has 28 nitrogen and oxygen atoms in total. The number of imidazole rings is 1. The molecule has 0 unspecified atom stereocenters. The van der Waals surface area contributed by atoms with Crippen LogP contribution < -0.4 is 48.3 Å². The van der Waals surface area contributed by atoms with Crippen molar-refractivity contribution in [3.05, 3.63) is 48.0 Å². The van der Waals surface area contributed by atoms with Crippen molar-refractivity contribution in [1.82, 2.24) is 52.5 Å². The zero-order chi connectivity index (χ0) is 52.8. The summed E-state index contributed by atoms with van der Waals surface area (Å²) in [5, 5.41) is 86.3. The van der Waals surface area contributed by atoms with Gasteiger partial charge in [-0.1, -0.05) is 26.0 Å². The largest absolute Gasteiger partial charge is 0.508 e. The Labute approximate surface area is 400 Å². The maximum Gasteiger partial charge on any atom is 0.328 e. The van der Waals surface area contributed by atoms with Crippen molar-refractivity contribution in [2.24, 2.45) is 11.7 Å². The van der Waals surface area contributed by atoms with E-state index in [1.54, 1.807) is 13.8 Å². The molecule has 8 amide bonds. The van der Waals surface area contributed by atoms with Gasteiger partial charge in [-0.05, 0) is 50.3 Å². The highest BCUT2D eigenvalue weighted by Crippen LogP contribution is 2.13. The Morgan fingerprint density at radius 1 is 0.629 bits per heavy atom. The van der Waals surface area contributed by atoms with Crippen molar-refractivity contribution in [3.8, 4) is 5.75 Å². The molecule has 0 fully saturated rings. The van der Waals surface area contributed by atoms with Crippen LogP contribution in [0.5, 0.6) is 5.75 Å². The van der Waals surface area contributed by atoms with E-state index in [0.29, 0.717) is 11.3 Å². The quantitative estimate of drug-likeness (QED) is 0.0346. The van der Waals surface area contributed by atoms with E-state index in [-0.39, 0.29) is 30.9 Å². The molecule has 70 heavy (non-hydrogen) atoms. The first-order chi connectivity index (χ1) is 32.9. The molecule has 0 radical (unpaired) electrons. The third-order valence-corrected chi connectivity index (χ3v) is 10.2. The van der Waals surface area contributed by atoms with E-state index in [2.05, 4.69) is 52.5 Å². The van der Waals surface area contributed by atoms with E-state index in [9.17, 15) is 83.7 Å². The maximum absolute atomic E-state index is 13.7. The summed E-state index contributed by atoms with van der Waals surface area (Å²) in [5.41, 5.74) is 6.33. The first-order valence-electron chi connectivity index (χ1n) is 21.8. The molecule has 10 atom stereocenters. The molecule has 1 aromatic heterocycles. The molecular weight excluding hydrogens is 931 g/mol. The number of hydrogen-bond acceptors (Lipinski definition) is 17. The Bertz CT molecular complexity index is 2100. The second-order valence-electron chi connectivity index (χ2n) is 16.6. The fourth-order valence-electron chi connectivity index (χ4n) is 6.28. The second-order valence-corrected chi connectivity index (χ2v) is 16.6. The number of amides is 8. The van der Waals surface area contributed by atoms with Crippen molar-refractivity contribution in [1.29, 1.82) is 0 Å². The molecule has 0 aliphatic heterocycles. The van der Waals surface area contributed by atoms with Crippen LogP contribution in [0.3, 0.4) is 0 Å². The van der Waals surface area contributed by atoms with Crippen molar-refractivity contribution in [2.75, 3.05) is 19.8 Å². The van der Waals surface area contributed by atoms with Gasteiger partial charge in [0.15, 0.2) is 0 Å². The molecule has 0 spiro atoms. The van der Waals surface area contributed by atoms with E-state index < -0.39 is 152 Å². The van der Waals surface area contributed by atoms with Crippen LogP contribution in [0, 0.1) is 5.92 Å². The van der Waals surface area contributed by atoms with Crippen molar-refractivity contribution in [2.45, 2.75) is 120 Å². The number of carbonyl (C=O) groups excluding carboxylic acids is 8. The number of nitrogens with one attached hydrogen (secondary N) is 9. The Kier molecular flexibility index (Phi) is 24.3. The van der Waals surface area contributed by atoms with Crippen LogP contribution in [0.25, 0.3) is 0 Å². The third kappa shape index (κ3) is 20.1. The molecular formula is C42H63N11O17. The van der Waals surface area contributed by atoms with Gasteiger partial charge < -0.3 is 89.0 Å². The third-order valence-electron chi connectivity index (χ3n) is 10.2. The molecule has 0 aliphatic carbocycles. The predicted octanol–water partition coefficient (Wildman–Crippen LogP) is -6.52. The summed E-state index contributed by atoms with van der Waals surface area (Å²) in [6.45, 7) is 2.76. The van der Waals surface area contributed by atoms with Crippen LogP contribution in [0.4, 0.5) is 0 Å². The van der Waals surface area contributed by atoms with Gasteiger partial charge in [0.05, 0.1) is 38.3 Å². The maximum atomic E-state index is 13.7. The van der Waals surface area contributed by atoms with Crippen LogP contribution in [0.2, 0.25) is 0 Å². The monoisotopic (exact) mass is 993 g/mol. The van der Waals surface area contributed by atoms with E-state index in [4.69, 9.17) is 5.73 Å². The number of phenols is 1. The second kappa shape index (κ2) is 28.9. The van der Waals surface area contributed by atoms with Gasteiger partial charge in [0.1, 0.15) is 54.1 Å². The number of H-pyrrole nitrogens is 1. The first kappa shape index (κ1) is 58.9. The number of benzene rings is 1. The Balaban J connectivity index is 2.27. The van der Waals surface area contributed by atoms with E-state index in [1.165, 1.54) is 43.7 Å². The molecule has 388 valence electrons. The average Bonchev–Trinajstić information content (AvgIpc) is 3.81. The van der Waals surface area contributed by atoms with Crippen LogP contribution in [0.15, 0.2) is 36.8 Å². The van der Waals surface area contributed by atoms with E-state index in [1.807, 2.05) is 0 Å². The van der Waals surface area contributed by atoms with Gasteiger partial charge in [0, 0.05) is 31.2 Å². The van der Waals surface area contributed by atoms with Crippen LogP contribution >= 0.6 is 0 Å². The highest BCUT2D eigenvalue weighted by molar-refractivity contribution is 5.97. The number of aromatic amines is 1. The number of nitrogens with two attached hydrogens (primary N) is 1. The minimum absolute atomic E-state index is 0.0748. The molecule has 2 rings (SSSR count). The normalized spacial score (nSPS) is 15.4. The molecule has 18 N–H and O–H groups in total. The fourth-order valence-corrected chi connectivity index (χ4v) is 6.28. The lowest BCUT2D eigenvalue weighted by molar-refractivity contribution is -0.143. The number of rotatable bonds is 30. The summed E-state index contributed by atoms with van der Waals surface area (Å²) in [6.07, 6.45) is -2.10. The van der Waals surface area contributed by atoms with Gasteiger partial charge in [-0.25, -0.2) is 9.78 Å². The van der Waals surface area contributed by atoms with Crippen molar-refractivity contribution >= 4 is 59.2 Å². The zero-order valence-corrected chi connectivity index (χ0v) is 38.7. The van der Waals surface area contributed by atoms with Gasteiger partial charge in [-0.2, -0.15) is 0 Å². The van der Waals surface area contributed by atoms with E-state index >= 15 is 0 Å². The number of carbonyl (C=O) groups is 10. The summed E-state index contributed by atoms with van der Waals surface area (Å²) in [7, 11) is 0. The number of aliphatic hydroxyl groups is 4. The number of phenolic OH excluding ortho intramolecular Hbond substituents is 1. The number of carboxylic acid groups (broad SMARTS) is 2. The van der Waals surface area contributed by atoms with Gasteiger partial charge in [-0.3, -0.25) is 43.2 Å². The Morgan fingerprint density at radius 2 is 1.14 bits per heavy atom. The molecule has 0 saturated heterocycles. The van der Waals surface area contributed by atoms with E-state index in [0.717, 1.165) is 6.92 Å². The Hall–Kier alpha value is -7.27.